The maximum absolute atomic E-state index is 12.1. The molecule has 1 unspecified atom stereocenters. The molecule has 0 spiro atoms. The quantitative estimate of drug-likeness (QED) is 0.688. The Morgan fingerprint density at radius 1 is 1.04 bits per heavy atom. The van der Waals surface area contributed by atoms with Crippen molar-refractivity contribution in [2.45, 2.75) is 0 Å². The van der Waals surface area contributed by atoms with Crippen LogP contribution in [-0.2, 0) is 14.4 Å². The van der Waals surface area contributed by atoms with E-state index in [0.29, 0.717) is 20.6 Å². The van der Waals surface area contributed by atoms with E-state index in [0.717, 1.165) is 0 Å². The summed E-state index contributed by atoms with van der Waals surface area (Å²) in [7, 11) is 6.55. The Kier molecular flexibility index (Phi) is 8.15. The van der Waals surface area contributed by atoms with Gasteiger partial charge in [0.25, 0.3) is 11.8 Å². The lowest BCUT2D eigenvalue weighted by Gasteiger charge is -2.21. The summed E-state index contributed by atoms with van der Waals surface area (Å²) in [6.07, 6.45) is 0. The van der Waals surface area contributed by atoms with Gasteiger partial charge >= 0.3 is 0 Å². The van der Waals surface area contributed by atoms with Gasteiger partial charge in [-0.05, 0) is 18.2 Å². The Bertz CT molecular complexity index is 652. The van der Waals surface area contributed by atoms with Gasteiger partial charge in [0.05, 0.1) is 23.6 Å². The van der Waals surface area contributed by atoms with Crippen LogP contribution in [0.1, 0.15) is 0 Å². The van der Waals surface area contributed by atoms with E-state index in [1.165, 1.54) is 9.80 Å². The number of carbonyl (C=O) groups excluding carboxylic acids is 3. The van der Waals surface area contributed by atoms with Crippen molar-refractivity contribution in [3.05, 3.63) is 28.2 Å². The lowest BCUT2D eigenvalue weighted by Crippen LogP contribution is -3.11. The molecule has 0 radical (unpaired) electrons. The predicted octanol–water partition coefficient (Wildman–Crippen LogP) is -0.00680. The van der Waals surface area contributed by atoms with Crippen LogP contribution < -0.4 is 10.2 Å². The highest BCUT2D eigenvalue weighted by atomic mass is 35.5. The number of amides is 3. The molecular weight excluding hydrogens is 367 g/mol. The Labute approximate surface area is 157 Å². The third kappa shape index (κ3) is 7.29. The van der Waals surface area contributed by atoms with Crippen LogP contribution in [0, 0.1) is 0 Å². The first kappa shape index (κ1) is 21.2. The zero-order valence-electron chi connectivity index (χ0n) is 14.7. The van der Waals surface area contributed by atoms with Gasteiger partial charge in [0, 0.05) is 26.8 Å². The molecule has 0 aliphatic rings. The van der Waals surface area contributed by atoms with Crippen molar-refractivity contribution in [2.75, 3.05) is 53.1 Å². The van der Waals surface area contributed by atoms with Crippen LogP contribution in [0.4, 0.5) is 5.69 Å². The Hall–Kier alpha value is -1.83. The number of quaternary nitrogens is 1. The summed E-state index contributed by atoms with van der Waals surface area (Å²) in [5.41, 5.74) is 0.534. The van der Waals surface area contributed by atoms with Crippen LogP contribution in [0.3, 0.4) is 0 Å². The van der Waals surface area contributed by atoms with E-state index in [1.54, 1.807) is 46.4 Å². The van der Waals surface area contributed by atoms with Crippen LogP contribution in [0.5, 0.6) is 0 Å². The van der Waals surface area contributed by atoms with Crippen molar-refractivity contribution < 1.29 is 19.3 Å². The fraction of sp³-hybridized carbons (Fsp3) is 0.438. The van der Waals surface area contributed by atoms with Crippen molar-refractivity contribution in [3.63, 3.8) is 0 Å². The van der Waals surface area contributed by atoms with Gasteiger partial charge in [0.1, 0.15) is 0 Å². The second-order valence-electron chi connectivity index (χ2n) is 6.03. The number of hydrogen-bond donors (Lipinski definition) is 2. The molecule has 0 bridgehead atoms. The molecule has 1 aromatic rings. The van der Waals surface area contributed by atoms with Crippen molar-refractivity contribution >= 4 is 46.6 Å². The summed E-state index contributed by atoms with van der Waals surface area (Å²) in [6.45, 7) is 0.210. The zero-order valence-corrected chi connectivity index (χ0v) is 16.2. The molecule has 0 aliphatic heterocycles. The molecule has 2 N–H and O–H groups in total. The lowest BCUT2D eigenvalue weighted by atomic mass is 10.3. The monoisotopic (exact) mass is 389 g/mol. The number of benzene rings is 1. The van der Waals surface area contributed by atoms with Gasteiger partial charge in [-0.2, -0.15) is 0 Å². The predicted molar refractivity (Wildman–Crippen MR) is 98.0 cm³/mol. The molecule has 1 aromatic carbocycles. The van der Waals surface area contributed by atoms with Gasteiger partial charge in [-0.1, -0.05) is 23.2 Å². The largest absolute Gasteiger partial charge is 0.347 e. The first-order valence-corrected chi connectivity index (χ1v) is 8.36. The summed E-state index contributed by atoms with van der Waals surface area (Å²) in [6, 6.07) is 4.80. The number of nitrogens with zero attached hydrogens (tertiary/aromatic N) is 2. The van der Waals surface area contributed by atoms with Crippen LogP contribution in [0.15, 0.2) is 18.2 Å². The Morgan fingerprint density at radius 2 is 1.68 bits per heavy atom. The fourth-order valence-corrected chi connectivity index (χ4v) is 2.24. The third-order valence-corrected chi connectivity index (χ3v) is 4.15. The summed E-state index contributed by atoms with van der Waals surface area (Å²) >= 11 is 11.7. The molecular formula is C16H23Cl2N4O3+. The number of likely N-dealkylation sites (N-methyl/N-ethyl adjacent to an activating group) is 3. The number of nitrogens with one attached hydrogen (secondary N) is 2. The van der Waals surface area contributed by atoms with E-state index >= 15 is 0 Å². The van der Waals surface area contributed by atoms with Gasteiger partial charge in [0.2, 0.25) is 5.91 Å². The first-order chi connectivity index (χ1) is 11.6. The number of anilines is 1. The number of halogens is 2. The van der Waals surface area contributed by atoms with Gasteiger partial charge in [-0.15, -0.1) is 0 Å². The summed E-state index contributed by atoms with van der Waals surface area (Å²) < 4.78 is 0. The Morgan fingerprint density at radius 3 is 2.24 bits per heavy atom. The van der Waals surface area contributed by atoms with E-state index in [4.69, 9.17) is 23.2 Å². The summed E-state index contributed by atoms with van der Waals surface area (Å²) in [5.74, 6) is -0.628. The van der Waals surface area contributed by atoms with Crippen molar-refractivity contribution in [1.82, 2.24) is 9.80 Å². The third-order valence-electron chi connectivity index (χ3n) is 3.42. The van der Waals surface area contributed by atoms with E-state index < -0.39 is 0 Å². The van der Waals surface area contributed by atoms with Crippen LogP contribution >= 0.6 is 23.2 Å². The van der Waals surface area contributed by atoms with E-state index in [1.807, 2.05) is 0 Å². The molecule has 138 valence electrons. The minimum Gasteiger partial charge on any atom is -0.347 e. The number of rotatable bonds is 7. The van der Waals surface area contributed by atoms with E-state index in [2.05, 4.69) is 5.32 Å². The maximum Gasteiger partial charge on any atom is 0.279 e. The topological polar surface area (TPSA) is 74.2 Å². The molecule has 1 atom stereocenters. The summed E-state index contributed by atoms with van der Waals surface area (Å²) in [5, 5.41) is 3.46. The second-order valence-corrected chi connectivity index (χ2v) is 6.84. The lowest BCUT2D eigenvalue weighted by molar-refractivity contribution is -0.862. The molecule has 0 saturated carbocycles. The summed E-state index contributed by atoms with van der Waals surface area (Å²) in [4.78, 5) is 39.2. The van der Waals surface area contributed by atoms with Crippen LogP contribution in [-0.4, -0.2) is 75.3 Å². The fourth-order valence-electron chi connectivity index (χ4n) is 1.94. The molecule has 0 heterocycles. The van der Waals surface area contributed by atoms with E-state index in [9.17, 15) is 14.4 Å². The van der Waals surface area contributed by atoms with Crippen LogP contribution in [0.2, 0.25) is 10.0 Å². The van der Waals surface area contributed by atoms with Crippen LogP contribution in [0.25, 0.3) is 0 Å². The van der Waals surface area contributed by atoms with Gasteiger partial charge in [0.15, 0.2) is 13.1 Å². The highest BCUT2D eigenvalue weighted by Gasteiger charge is 2.19. The Balaban J connectivity index is 2.48. The zero-order chi connectivity index (χ0) is 19.1. The van der Waals surface area contributed by atoms with Crippen molar-refractivity contribution in [3.8, 4) is 0 Å². The molecule has 0 saturated heterocycles. The highest BCUT2D eigenvalue weighted by molar-refractivity contribution is 6.42. The highest BCUT2D eigenvalue weighted by Crippen LogP contribution is 2.24. The molecule has 0 aliphatic carbocycles. The molecule has 0 fully saturated rings. The second kappa shape index (κ2) is 9.60. The minimum atomic E-state index is -0.254. The van der Waals surface area contributed by atoms with Gasteiger partial charge in [-0.3, -0.25) is 14.4 Å². The molecule has 0 aromatic heterocycles. The molecule has 7 nitrogen and oxygen atoms in total. The average molecular weight is 390 g/mol. The number of carbonyl (C=O) groups is 3. The molecule has 3 amide bonds. The molecule has 1 rings (SSSR count). The molecule has 25 heavy (non-hydrogen) atoms. The first-order valence-electron chi connectivity index (χ1n) is 7.60. The standard InChI is InChI=1S/C16H22Cl2N4O3/c1-20(2)15(24)10-22(4)16(25)9-21(3)8-14(23)19-11-5-6-12(17)13(18)7-11/h5-7H,8-10H2,1-4H3,(H,19,23)/p+1. The smallest absolute Gasteiger partial charge is 0.279 e. The maximum atomic E-state index is 12.1. The average Bonchev–Trinajstić information content (AvgIpc) is 2.50. The van der Waals surface area contributed by atoms with Gasteiger partial charge in [-0.25, -0.2) is 0 Å². The minimum absolute atomic E-state index is 0.00852. The SMILES string of the molecule is CN(C)C(=O)CN(C)C(=O)C[NH+](C)CC(=O)Nc1ccc(Cl)c(Cl)c1. The van der Waals surface area contributed by atoms with E-state index in [-0.39, 0.29) is 37.4 Å². The van der Waals surface area contributed by atoms with Crippen molar-refractivity contribution in [1.29, 1.82) is 0 Å². The van der Waals surface area contributed by atoms with Gasteiger partial charge < -0.3 is 20.0 Å². The molecule has 9 heteroatoms. The number of hydrogen-bond acceptors (Lipinski definition) is 3. The normalized spacial score (nSPS) is 11.6. The van der Waals surface area contributed by atoms with Crippen molar-refractivity contribution in [2.24, 2.45) is 0 Å².